The molecule has 1 aromatic rings. The van der Waals surface area contributed by atoms with Gasteiger partial charge in [0.2, 0.25) is 0 Å². The number of carbonyl (C=O) groups is 1. The van der Waals surface area contributed by atoms with Gasteiger partial charge >= 0.3 is 0 Å². The van der Waals surface area contributed by atoms with Crippen molar-refractivity contribution in [1.29, 1.82) is 0 Å². The van der Waals surface area contributed by atoms with E-state index in [2.05, 4.69) is 5.32 Å². The molecule has 0 radical (unpaired) electrons. The Bertz CT molecular complexity index is 493. The number of aliphatic hydroxyl groups is 1. The van der Waals surface area contributed by atoms with Gasteiger partial charge in [0.05, 0.1) is 6.10 Å². The van der Waals surface area contributed by atoms with Crippen molar-refractivity contribution in [2.45, 2.75) is 64.7 Å². The largest absolute Gasteiger partial charge is 0.481 e. The van der Waals surface area contributed by atoms with E-state index < -0.39 is 12.2 Å². The van der Waals surface area contributed by atoms with Gasteiger partial charge < -0.3 is 15.2 Å². The third kappa shape index (κ3) is 4.21. The summed E-state index contributed by atoms with van der Waals surface area (Å²) < 4.78 is 5.76. The van der Waals surface area contributed by atoms with Crippen molar-refractivity contribution < 1.29 is 14.6 Å². The van der Waals surface area contributed by atoms with Crippen molar-refractivity contribution >= 4 is 5.91 Å². The molecule has 0 heterocycles. The van der Waals surface area contributed by atoms with E-state index in [0.29, 0.717) is 11.8 Å². The van der Waals surface area contributed by atoms with Gasteiger partial charge in [-0.05, 0) is 56.9 Å². The summed E-state index contributed by atoms with van der Waals surface area (Å²) in [4.78, 5) is 12.1. The first-order valence-corrected chi connectivity index (χ1v) is 7.73. The minimum Gasteiger partial charge on any atom is -0.481 e. The van der Waals surface area contributed by atoms with E-state index in [0.717, 1.165) is 24.0 Å². The smallest absolute Gasteiger partial charge is 0.260 e. The number of nitrogens with one attached hydrogen (secondary N) is 1. The predicted molar refractivity (Wildman–Crippen MR) is 82.3 cm³/mol. The maximum Gasteiger partial charge on any atom is 0.260 e. The minimum absolute atomic E-state index is 0.0547. The zero-order valence-electron chi connectivity index (χ0n) is 13.1. The van der Waals surface area contributed by atoms with Crippen LogP contribution in [0, 0.1) is 6.92 Å². The molecule has 0 aliphatic heterocycles. The Hall–Kier alpha value is -1.55. The number of benzene rings is 1. The molecular weight excluding hydrogens is 266 g/mol. The Balaban J connectivity index is 1.95. The molecule has 0 saturated heterocycles. The molecule has 4 heteroatoms. The summed E-state index contributed by atoms with van der Waals surface area (Å²) in [6.07, 6.45) is 3.52. The molecule has 1 amide bonds. The second-order valence-corrected chi connectivity index (χ2v) is 5.95. The molecule has 1 aliphatic rings. The fourth-order valence-corrected chi connectivity index (χ4v) is 2.70. The summed E-state index contributed by atoms with van der Waals surface area (Å²) >= 11 is 0. The van der Waals surface area contributed by atoms with Gasteiger partial charge in [0.25, 0.3) is 5.91 Å². The zero-order chi connectivity index (χ0) is 15.4. The number of hydrogen-bond donors (Lipinski definition) is 2. The third-order valence-corrected chi connectivity index (χ3v) is 4.06. The van der Waals surface area contributed by atoms with Crippen LogP contribution >= 0.6 is 0 Å². The summed E-state index contributed by atoms with van der Waals surface area (Å²) in [7, 11) is 0. The van der Waals surface area contributed by atoms with Crippen LogP contribution in [-0.2, 0) is 4.79 Å². The van der Waals surface area contributed by atoms with Crippen LogP contribution in [-0.4, -0.2) is 23.2 Å². The van der Waals surface area contributed by atoms with Crippen molar-refractivity contribution in [1.82, 2.24) is 5.32 Å². The summed E-state index contributed by atoms with van der Waals surface area (Å²) in [6, 6.07) is 5.84. The molecule has 2 rings (SSSR count). The standard InChI is InChI=1S/C17H25NO3/c1-11-10-14(12(2)19)8-9-16(11)21-13(3)17(20)18-15-6-4-5-7-15/h8-10,12-13,15,19H,4-7H2,1-3H3,(H,18,20)/t12-,13?/m0/s1. The van der Waals surface area contributed by atoms with E-state index >= 15 is 0 Å². The van der Waals surface area contributed by atoms with Crippen LogP contribution in [0.4, 0.5) is 0 Å². The van der Waals surface area contributed by atoms with Crippen molar-refractivity contribution in [3.63, 3.8) is 0 Å². The van der Waals surface area contributed by atoms with Gasteiger partial charge in [0, 0.05) is 6.04 Å². The minimum atomic E-state index is -0.512. The lowest BCUT2D eigenvalue weighted by atomic mass is 10.1. The molecule has 21 heavy (non-hydrogen) atoms. The number of amides is 1. The molecule has 1 aliphatic carbocycles. The Morgan fingerprint density at radius 3 is 2.57 bits per heavy atom. The first-order valence-electron chi connectivity index (χ1n) is 7.73. The highest BCUT2D eigenvalue weighted by Gasteiger charge is 2.22. The fraction of sp³-hybridized carbons (Fsp3) is 0.588. The van der Waals surface area contributed by atoms with Gasteiger partial charge in [-0.25, -0.2) is 0 Å². The maximum atomic E-state index is 12.1. The SMILES string of the molecule is Cc1cc([C@H](C)O)ccc1OC(C)C(=O)NC1CCCC1. The van der Waals surface area contributed by atoms with E-state index in [-0.39, 0.29) is 5.91 Å². The summed E-state index contributed by atoms with van der Waals surface area (Å²) in [5.41, 5.74) is 1.77. The van der Waals surface area contributed by atoms with Crippen molar-refractivity contribution in [2.24, 2.45) is 0 Å². The van der Waals surface area contributed by atoms with Crippen LogP contribution < -0.4 is 10.1 Å². The number of aliphatic hydroxyl groups excluding tert-OH is 1. The molecule has 0 aromatic heterocycles. The lowest BCUT2D eigenvalue weighted by Gasteiger charge is -2.19. The van der Waals surface area contributed by atoms with E-state index in [9.17, 15) is 9.90 Å². The van der Waals surface area contributed by atoms with Gasteiger partial charge in [0.15, 0.2) is 6.10 Å². The van der Waals surface area contributed by atoms with Crippen molar-refractivity contribution in [3.8, 4) is 5.75 Å². The summed E-state index contributed by atoms with van der Waals surface area (Å²) in [6.45, 7) is 5.42. The topological polar surface area (TPSA) is 58.6 Å². The molecule has 1 fully saturated rings. The van der Waals surface area contributed by atoms with Crippen LogP contribution in [0.15, 0.2) is 18.2 Å². The van der Waals surface area contributed by atoms with Crippen molar-refractivity contribution in [2.75, 3.05) is 0 Å². The normalized spacial score (nSPS) is 18.3. The monoisotopic (exact) mass is 291 g/mol. The first kappa shape index (κ1) is 15.8. The number of ether oxygens (including phenoxy) is 1. The number of carbonyl (C=O) groups excluding carboxylic acids is 1. The maximum absolute atomic E-state index is 12.1. The van der Waals surface area contributed by atoms with E-state index in [1.165, 1.54) is 12.8 Å². The Labute approximate surface area is 126 Å². The third-order valence-electron chi connectivity index (χ3n) is 4.06. The molecule has 2 atom stereocenters. The van der Waals surface area contributed by atoms with E-state index in [1.54, 1.807) is 13.8 Å². The Morgan fingerprint density at radius 2 is 2.00 bits per heavy atom. The van der Waals surface area contributed by atoms with Gasteiger partial charge in [0.1, 0.15) is 5.75 Å². The van der Waals surface area contributed by atoms with Gasteiger partial charge in [-0.3, -0.25) is 4.79 Å². The van der Waals surface area contributed by atoms with Gasteiger partial charge in [-0.2, -0.15) is 0 Å². The molecular formula is C17H25NO3. The molecule has 4 nitrogen and oxygen atoms in total. The second kappa shape index (κ2) is 6.94. The van der Waals surface area contributed by atoms with Crippen molar-refractivity contribution in [3.05, 3.63) is 29.3 Å². The quantitative estimate of drug-likeness (QED) is 0.877. The van der Waals surface area contributed by atoms with Gasteiger partial charge in [-0.15, -0.1) is 0 Å². The average molecular weight is 291 g/mol. The molecule has 1 unspecified atom stereocenters. The van der Waals surface area contributed by atoms with Crippen LogP contribution in [0.1, 0.15) is 56.8 Å². The van der Waals surface area contributed by atoms with Crippen LogP contribution in [0.2, 0.25) is 0 Å². The fourth-order valence-electron chi connectivity index (χ4n) is 2.70. The number of rotatable bonds is 5. The zero-order valence-corrected chi connectivity index (χ0v) is 13.1. The molecule has 1 saturated carbocycles. The van der Waals surface area contributed by atoms with E-state index in [1.807, 2.05) is 25.1 Å². The number of aryl methyl sites for hydroxylation is 1. The second-order valence-electron chi connectivity index (χ2n) is 5.95. The summed E-state index contributed by atoms with van der Waals surface area (Å²) in [5, 5.41) is 12.6. The molecule has 0 spiro atoms. The highest BCUT2D eigenvalue weighted by atomic mass is 16.5. The van der Waals surface area contributed by atoms with Crippen LogP contribution in [0.5, 0.6) is 5.75 Å². The molecule has 2 N–H and O–H groups in total. The molecule has 1 aromatic carbocycles. The lowest BCUT2D eigenvalue weighted by Crippen LogP contribution is -2.41. The predicted octanol–water partition coefficient (Wildman–Crippen LogP) is 2.87. The molecule has 0 bridgehead atoms. The lowest BCUT2D eigenvalue weighted by molar-refractivity contribution is -0.127. The highest BCUT2D eigenvalue weighted by Crippen LogP contribution is 2.24. The summed E-state index contributed by atoms with van der Waals surface area (Å²) in [5.74, 6) is 0.634. The van der Waals surface area contributed by atoms with Gasteiger partial charge in [-0.1, -0.05) is 18.9 Å². The first-order chi connectivity index (χ1) is 9.97. The molecule has 116 valence electrons. The van der Waals surface area contributed by atoms with Crippen LogP contribution in [0.3, 0.4) is 0 Å². The average Bonchev–Trinajstić information content (AvgIpc) is 2.93. The van der Waals surface area contributed by atoms with Crippen LogP contribution in [0.25, 0.3) is 0 Å². The van der Waals surface area contributed by atoms with E-state index in [4.69, 9.17) is 4.74 Å². The Kier molecular flexibility index (Phi) is 5.23. The number of hydrogen-bond acceptors (Lipinski definition) is 3. The Morgan fingerprint density at radius 1 is 1.33 bits per heavy atom. The highest BCUT2D eigenvalue weighted by molar-refractivity contribution is 5.81.